The van der Waals surface area contributed by atoms with Crippen LogP contribution in [0.3, 0.4) is 0 Å². The molecule has 0 bridgehead atoms. The number of ether oxygens (including phenoxy) is 1. The molecule has 2 heteroatoms. The summed E-state index contributed by atoms with van der Waals surface area (Å²) in [5, 5.41) is 0. The zero-order valence-electron chi connectivity index (χ0n) is 8.92. The summed E-state index contributed by atoms with van der Waals surface area (Å²) in [4.78, 5) is 0. The highest BCUT2D eigenvalue weighted by Crippen LogP contribution is 2.16. The van der Waals surface area contributed by atoms with Gasteiger partial charge in [-0.05, 0) is 25.5 Å². The average molecular weight is 223 g/mol. The van der Waals surface area contributed by atoms with Crippen LogP contribution in [0, 0.1) is 11.8 Å². The zero-order valence-corrected chi connectivity index (χ0v) is 9.68. The van der Waals surface area contributed by atoms with Gasteiger partial charge >= 0.3 is 0 Å². The van der Waals surface area contributed by atoms with E-state index in [0.29, 0.717) is 12.5 Å². The van der Waals surface area contributed by atoms with Gasteiger partial charge < -0.3 is 4.74 Å². The number of alkyl halides is 1. The summed E-state index contributed by atoms with van der Waals surface area (Å²) in [5.74, 6) is 7.71. The Morgan fingerprint density at radius 3 is 2.87 bits per heavy atom. The largest absolute Gasteiger partial charge is 0.493 e. The number of hydrogen-bond acceptors (Lipinski definition) is 1. The van der Waals surface area contributed by atoms with E-state index in [2.05, 4.69) is 11.8 Å². The molecule has 0 atom stereocenters. The molecule has 0 saturated carbocycles. The van der Waals surface area contributed by atoms with Crippen LogP contribution in [0.15, 0.2) is 24.3 Å². The molecule has 0 aliphatic rings. The fraction of sp³-hybridized carbons (Fsp3) is 0.385. The average Bonchev–Trinajstić information content (AvgIpc) is 2.27. The van der Waals surface area contributed by atoms with Crippen molar-refractivity contribution < 1.29 is 4.74 Å². The lowest BCUT2D eigenvalue weighted by Crippen LogP contribution is -1.93. The molecule has 0 spiro atoms. The molecular formula is C13H15ClO. The highest BCUT2D eigenvalue weighted by Gasteiger charge is 1.97. The molecule has 0 saturated heterocycles. The van der Waals surface area contributed by atoms with Crippen LogP contribution >= 0.6 is 11.6 Å². The van der Waals surface area contributed by atoms with Gasteiger partial charge in [0.2, 0.25) is 0 Å². The van der Waals surface area contributed by atoms with Gasteiger partial charge in [0, 0.05) is 12.3 Å². The van der Waals surface area contributed by atoms with Crippen molar-refractivity contribution in [1.29, 1.82) is 0 Å². The summed E-state index contributed by atoms with van der Waals surface area (Å²) in [7, 11) is 0. The van der Waals surface area contributed by atoms with E-state index in [1.807, 2.05) is 31.2 Å². The molecule has 80 valence electrons. The predicted molar refractivity (Wildman–Crippen MR) is 64.4 cm³/mol. The first-order valence-corrected chi connectivity index (χ1v) is 5.68. The molecule has 15 heavy (non-hydrogen) atoms. The fourth-order valence-electron chi connectivity index (χ4n) is 1.16. The van der Waals surface area contributed by atoms with E-state index in [9.17, 15) is 0 Å². The van der Waals surface area contributed by atoms with E-state index in [4.69, 9.17) is 16.3 Å². The molecule has 1 nitrogen and oxygen atoms in total. The fourth-order valence-corrected chi connectivity index (χ4v) is 1.30. The SMILES string of the molecule is CCOc1ccccc1C#CCCCCl. The Morgan fingerprint density at radius 2 is 2.13 bits per heavy atom. The van der Waals surface area contributed by atoms with Gasteiger partial charge in [0.25, 0.3) is 0 Å². The van der Waals surface area contributed by atoms with Gasteiger partial charge in [0.15, 0.2) is 0 Å². The van der Waals surface area contributed by atoms with Crippen LogP contribution in [-0.4, -0.2) is 12.5 Å². The number of hydrogen-bond donors (Lipinski definition) is 0. The Kier molecular flexibility index (Phi) is 5.73. The van der Waals surface area contributed by atoms with Crippen molar-refractivity contribution in [3.63, 3.8) is 0 Å². The molecule has 1 aromatic rings. The number of benzene rings is 1. The Hall–Kier alpha value is -1.13. The van der Waals surface area contributed by atoms with Crippen LogP contribution in [0.2, 0.25) is 0 Å². The molecule has 1 rings (SSSR count). The summed E-state index contributed by atoms with van der Waals surface area (Å²) in [6.45, 7) is 2.64. The van der Waals surface area contributed by atoms with Crippen LogP contribution in [0.1, 0.15) is 25.3 Å². The van der Waals surface area contributed by atoms with Crippen molar-refractivity contribution in [1.82, 2.24) is 0 Å². The maximum Gasteiger partial charge on any atom is 0.134 e. The van der Waals surface area contributed by atoms with E-state index < -0.39 is 0 Å². The highest BCUT2D eigenvalue weighted by atomic mass is 35.5. The zero-order chi connectivity index (χ0) is 10.9. The van der Waals surface area contributed by atoms with Crippen LogP contribution < -0.4 is 4.74 Å². The van der Waals surface area contributed by atoms with Crippen molar-refractivity contribution in [3.05, 3.63) is 29.8 Å². The first-order valence-electron chi connectivity index (χ1n) is 5.15. The molecular weight excluding hydrogens is 208 g/mol. The third kappa shape index (κ3) is 4.27. The molecule has 0 unspecified atom stereocenters. The minimum Gasteiger partial charge on any atom is -0.493 e. The Bertz CT molecular complexity index is 349. The monoisotopic (exact) mass is 222 g/mol. The second-order valence-electron chi connectivity index (χ2n) is 3.02. The minimum absolute atomic E-state index is 0.667. The normalized spacial score (nSPS) is 9.20. The molecule has 0 amide bonds. The van der Waals surface area contributed by atoms with Gasteiger partial charge in [-0.25, -0.2) is 0 Å². The van der Waals surface area contributed by atoms with Crippen LogP contribution in [-0.2, 0) is 0 Å². The highest BCUT2D eigenvalue weighted by molar-refractivity contribution is 6.17. The van der Waals surface area contributed by atoms with E-state index in [0.717, 1.165) is 24.2 Å². The quantitative estimate of drug-likeness (QED) is 0.431. The lowest BCUT2D eigenvalue weighted by molar-refractivity contribution is 0.339. The molecule has 0 aliphatic carbocycles. The van der Waals surface area contributed by atoms with Crippen molar-refractivity contribution >= 4 is 11.6 Å². The molecule has 1 aromatic carbocycles. The van der Waals surface area contributed by atoms with Crippen LogP contribution in [0.25, 0.3) is 0 Å². The van der Waals surface area contributed by atoms with E-state index >= 15 is 0 Å². The van der Waals surface area contributed by atoms with Crippen LogP contribution in [0.5, 0.6) is 5.75 Å². The third-order valence-corrected chi connectivity index (χ3v) is 2.11. The maximum absolute atomic E-state index is 5.57. The van der Waals surface area contributed by atoms with E-state index in [-0.39, 0.29) is 0 Å². The van der Waals surface area contributed by atoms with Crippen molar-refractivity contribution in [3.8, 4) is 17.6 Å². The summed E-state index contributed by atoms with van der Waals surface area (Å²) >= 11 is 5.57. The molecule has 0 N–H and O–H groups in total. The number of rotatable bonds is 4. The van der Waals surface area contributed by atoms with Crippen molar-refractivity contribution in [2.45, 2.75) is 19.8 Å². The van der Waals surface area contributed by atoms with Gasteiger partial charge in [-0.2, -0.15) is 0 Å². The van der Waals surface area contributed by atoms with Gasteiger partial charge in [-0.3, -0.25) is 0 Å². The lowest BCUT2D eigenvalue weighted by atomic mass is 10.2. The van der Waals surface area contributed by atoms with Gasteiger partial charge in [-0.15, -0.1) is 11.6 Å². The van der Waals surface area contributed by atoms with Crippen LogP contribution in [0.4, 0.5) is 0 Å². The topological polar surface area (TPSA) is 9.23 Å². The summed E-state index contributed by atoms with van der Waals surface area (Å²) in [6.07, 6.45) is 1.77. The maximum atomic E-state index is 5.57. The van der Waals surface area contributed by atoms with Crippen molar-refractivity contribution in [2.75, 3.05) is 12.5 Å². The molecule has 0 heterocycles. The Labute approximate surface area is 96.4 Å². The van der Waals surface area contributed by atoms with Gasteiger partial charge in [0.05, 0.1) is 12.2 Å². The second-order valence-corrected chi connectivity index (χ2v) is 3.40. The number of unbranched alkanes of at least 4 members (excludes halogenated alkanes) is 1. The molecule has 0 fully saturated rings. The predicted octanol–water partition coefficient (Wildman–Crippen LogP) is 3.46. The Balaban J connectivity index is 2.68. The number of halogens is 1. The van der Waals surface area contributed by atoms with Crippen molar-refractivity contribution in [2.24, 2.45) is 0 Å². The molecule has 0 aliphatic heterocycles. The first kappa shape index (κ1) is 11.9. The minimum atomic E-state index is 0.667. The summed E-state index contributed by atoms with van der Waals surface area (Å²) < 4.78 is 5.47. The smallest absolute Gasteiger partial charge is 0.134 e. The van der Waals surface area contributed by atoms with Gasteiger partial charge in [-0.1, -0.05) is 24.0 Å². The number of para-hydroxylation sites is 1. The van der Waals surface area contributed by atoms with E-state index in [1.165, 1.54) is 0 Å². The standard InChI is InChI=1S/C13H15ClO/c1-2-15-13-10-6-5-9-12(13)8-4-3-7-11-14/h5-6,9-10H,2-3,7,11H2,1H3. The third-order valence-electron chi connectivity index (χ3n) is 1.85. The molecule has 0 aromatic heterocycles. The first-order chi connectivity index (χ1) is 7.38. The second kappa shape index (κ2) is 7.20. The van der Waals surface area contributed by atoms with Gasteiger partial charge in [0.1, 0.15) is 5.75 Å². The summed E-state index contributed by atoms with van der Waals surface area (Å²) in [6, 6.07) is 7.83. The Morgan fingerprint density at radius 1 is 1.33 bits per heavy atom. The summed E-state index contributed by atoms with van der Waals surface area (Å²) in [5.41, 5.74) is 0.953. The lowest BCUT2D eigenvalue weighted by Gasteiger charge is -2.04. The van der Waals surface area contributed by atoms with E-state index in [1.54, 1.807) is 0 Å². The molecule has 0 radical (unpaired) electrons.